The highest BCUT2D eigenvalue weighted by Gasteiger charge is 2.05. The number of hydrogen-bond donors (Lipinski definition) is 1. The number of nitrogens with zero attached hydrogens (tertiary/aromatic N) is 1. The second kappa shape index (κ2) is 6.37. The van der Waals surface area contributed by atoms with Gasteiger partial charge >= 0.3 is 0 Å². The lowest BCUT2D eigenvalue weighted by atomic mass is 10.1. The molecule has 1 heterocycles. The molecular formula is C18H17BrN2. The van der Waals surface area contributed by atoms with Crippen LogP contribution in [-0.2, 0) is 6.54 Å². The molecule has 0 aliphatic rings. The summed E-state index contributed by atoms with van der Waals surface area (Å²) >= 11 is 3.52. The number of pyridine rings is 1. The van der Waals surface area contributed by atoms with Crippen molar-refractivity contribution in [2.45, 2.75) is 19.5 Å². The van der Waals surface area contributed by atoms with E-state index in [9.17, 15) is 0 Å². The van der Waals surface area contributed by atoms with Crippen LogP contribution in [0.1, 0.15) is 24.1 Å². The molecule has 106 valence electrons. The Labute approximate surface area is 133 Å². The van der Waals surface area contributed by atoms with Gasteiger partial charge in [0.1, 0.15) is 0 Å². The van der Waals surface area contributed by atoms with E-state index in [0.29, 0.717) is 6.04 Å². The summed E-state index contributed by atoms with van der Waals surface area (Å²) in [6, 6.07) is 17.3. The third kappa shape index (κ3) is 3.49. The Balaban J connectivity index is 1.71. The Morgan fingerprint density at radius 3 is 2.86 bits per heavy atom. The van der Waals surface area contributed by atoms with Crippen molar-refractivity contribution < 1.29 is 0 Å². The number of rotatable bonds is 4. The Bertz CT molecular complexity index is 755. The lowest BCUT2D eigenvalue weighted by molar-refractivity contribution is 0.575. The van der Waals surface area contributed by atoms with E-state index in [1.165, 1.54) is 21.9 Å². The molecule has 0 amide bonds. The van der Waals surface area contributed by atoms with Crippen molar-refractivity contribution in [2.75, 3.05) is 0 Å². The van der Waals surface area contributed by atoms with Crippen molar-refractivity contribution >= 4 is 26.7 Å². The van der Waals surface area contributed by atoms with Gasteiger partial charge in [-0.15, -0.1) is 0 Å². The SMILES string of the molecule is C[C@@H](NCc1ccc2cnccc2c1)c1cccc(Br)c1. The molecule has 1 N–H and O–H groups in total. The van der Waals surface area contributed by atoms with Crippen molar-refractivity contribution in [3.05, 3.63) is 76.5 Å². The van der Waals surface area contributed by atoms with Crippen molar-refractivity contribution in [3.8, 4) is 0 Å². The number of aromatic nitrogens is 1. The molecule has 3 heteroatoms. The summed E-state index contributed by atoms with van der Waals surface area (Å²) < 4.78 is 1.12. The number of hydrogen-bond acceptors (Lipinski definition) is 2. The van der Waals surface area contributed by atoms with Gasteiger partial charge in [0.2, 0.25) is 0 Å². The predicted octanol–water partition coefficient (Wildman–Crippen LogP) is 4.85. The highest BCUT2D eigenvalue weighted by molar-refractivity contribution is 9.10. The molecular weight excluding hydrogens is 324 g/mol. The van der Waals surface area contributed by atoms with Gasteiger partial charge in [0.25, 0.3) is 0 Å². The Kier molecular flexibility index (Phi) is 4.32. The fraction of sp³-hybridized carbons (Fsp3) is 0.167. The van der Waals surface area contributed by atoms with Crippen LogP contribution in [0.5, 0.6) is 0 Å². The van der Waals surface area contributed by atoms with Crippen LogP contribution >= 0.6 is 15.9 Å². The van der Waals surface area contributed by atoms with E-state index in [1.807, 2.05) is 18.5 Å². The Hall–Kier alpha value is -1.71. The summed E-state index contributed by atoms with van der Waals surface area (Å²) in [6.07, 6.45) is 3.74. The van der Waals surface area contributed by atoms with Gasteiger partial charge in [-0.1, -0.05) is 40.2 Å². The zero-order valence-electron chi connectivity index (χ0n) is 11.9. The lowest BCUT2D eigenvalue weighted by Gasteiger charge is -2.15. The first-order valence-corrected chi connectivity index (χ1v) is 7.83. The molecule has 3 rings (SSSR count). The zero-order chi connectivity index (χ0) is 14.7. The molecule has 21 heavy (non-hydrogen) atoms. The fourth-order valence-electron chi connectivity index (χ4n) is 2.41. The molecule has 1 atom stereocenters. The quantitative estimate of drug-likeness (QED) is 0.734. The van der Waals surface area contributed by atoms with Gasteiger partial charge in [-0.3, -0.25) is 4.98 Å². The van der Waals surface area contributed by atoms with Gasteiger partial charge in [-0.25, -0.2) is 0 Å². The van der Waals surface area contributed by atoms with E-state index in [0.717, 1.165) is 11.0 Å². The first-order chi connectivity index (χ1) is 10.2. The average molecular weight is 341 g/mol. The monoisotopic (exact) mass is 340 g/mol. The Morgan fingerprint density at radius 1 is 1.10 bits per heavy atom. The van der Waals surface area contributed by atoms with Crippen LogP contribution in [0.25, 0.3) is 10.8 Å². The number of benzene rings is 2. The highest BCUT2D eigenvalue weighted by Crippen LogP contribution is 2.19. The van der Waals surface area contributed by atoms with Crippen LogP contribution in [0.3, 0.4) is 0 Å². The van der Waals surface area contributed by atoms with Gasteiger partial charge in [0.15, 0.2) is 0 Å². The maximum absolute atomic E-state index is 4.14. The first-order valence-electron chi connectivity index (χ1n) is 7.04. The maximum atomic E-state index is 4.14. The van der Waals surface area contributed by atoms with E-state index >= 15 is 0 Å². The third-order valence-electron chi connectivity index (χ3n) is 3.67. The van der Waals surface area contributed by atoms with Crippen LogP contribution in [-0.4, -0.2) is 4.98 Å². The standard InChI is InChI=1S/C18H17BrN2/c1-13(15-3-2-4-18(19)10-15)21-11-14-5-6-17-12-20-8-7-16(17)9-14/h2-10,12-13,21H,11H2,1H3/t13-/m1/s1. The molecule has 2 nitrogen and oxygen atoms in total. The first kappa shape index (κ1) is 14.2. The molecule has 0 spiro atoms. The molecule has 3 aromatic rings. The van der Waals surface area contributed by atoms with Gasteiger partial charge in [-0.05, 0) is 47.7 Å². The summed E-state index contributed by atoms with van der Waals surface area (Å²) in [5.74, 6) is 0. The fourth-order valence-corrected chi connectivity index (χ4v) is 2.82. The van der Waals surface area contributed by atoms with E-state index in [1.54, 1.807) is 0 Å². The van der Waals surface area contributed by atoms with Gasteiger partial charge < -0.3 is 5.32 Å². The highest BCUT2D eigenvalue weighted by atomic mass is 79.9. The molecule has 0 saturated heterocycles. The minimum atomic E-state index is 0.315. The van der Waals surface area contributed by atoms with Crippen molar-refractivity contribution in [2.24, 2.45) is 0 Å². The van der Waals surface area contributed by atoms with Gasteiger partial charge in [-0.2, -0.15) is 0 Å². The van der Waals surface area contributed by atoms with E-state index < -0.39 is 0 Å². The minimum absolute atomic E-state index is 0.315. The predicted molar refractivity (Wildman–Crippen MR) is 91.1 cm³/mol. The van der Waals surface area contributed by atoms with Crippen LogP contribution < -0.4 is 5.32 Å². The van der Waals surface area contributed by atoms with Crippen molar-refractivity contribution in [3.63, 3.8) is 0 Å². The largest absolute Gasteiger partial charge is 0.306 e. The Morgan fingerprint density at radius 2 is 2.00 bits per heavy atom. The van der Waals surface area contributed by atoms with Crippen LogP contribution in [0.15, 0.2) is 65.4 Å². The molecule has 0 aliphatic carbocycles. The van der Waals surface area contributed by atoms with Crippen molar-refractivity contribution in [1.29, 1.82) is 0 Å². The molecule has 0 unspecified atom stereocenters. The average Bonchev–Trinajstić information content (AvgIpc) is 2.52. The van der Waals surface area contributed by atoms with Gasteiger partial charge in [0.05, 0.1) is 0 Å². The normalized spacial score (nSPS) is 12.5. The summed E-state index contributed by atoms with van der Waals surface area (Å²) in [5, 5.41) is 5.99. The molecule has 0 aliphatic heterocycles. The second-order valence-corrected chi connectivity index (χ2v) is 6.13. The van der Waals surface area contributed by atoms with E-state index in [4.69, 9.17) is 0 Å². The van der Waals surface area contributed by atoms with Crippen LogP contribution in [0.4, 0.5) is 0 Å². The van der Waals surface area contributed by atoms with Crippen molar-refractivity contribution in [1.82, 2.24) is 10.3 Å². The molecule has 0 radical (unpaired) electrons. The maximum Gasteiger partial charge on any atom is 0.0346 e. The molecule has 0 saturated carbocycles. The smallest absolute Gasteiger partial charge is 0.0346 e. The topological polar surface area (TPSA) is 24.9 Å². The number of nitrogens with one attached hydrogen (secondary N) is 1. The summed E-state index contributed by atoms with van der Waals surface area (Å²) in [6.45, 7) is 3.04. The molecule has 0 bridgehead atoms. The zero-order valence-corrected chi connectivity index (χ0v) is 13.5. The second-order valence-electron chi connectivity index (χ2n) is 5.21. The third-order valence-corrected chi connectivity index (χ3v) is 4.16. The molecule has 0 fully saturated rings. The van der Waals surface area contributed by atoms with Gasteiger partial charge in [0, 0.05) is 34.8 Å². The van der Waals surface area contributed by atoms with E-state index in [2.05, 4.69) is 75.6 Å². The number of halogens is 1. The molecule has 1 aromatic heterocycles. The van der Waals surface area contributed by atoms with Crippen LogP contribution in [0, 0.1) is 0 Å². The summed E-state index contributed by atoms with van der Waals surface area (Å²) in [7, 11) is 0. The molecule has 2 aromatic carbocycles. The summed E-state index contributed by atoms with van der Waals surface area (Å²) in [4.78, 5) is 4.14. The number of fused-ring (bicyclic) bond motifs is 1. The van der Waals surface area contributed by atoms with Crippen LogP contribution in [0.2, 0.25) is 0 Å². The minimum Gasteiger partial charge on any atom is -0.306 e. The summed E-state index contributed by atoms with van der Waals surface area (Å²) in [5.41, 5.74) is 2.57. The lowest BCUT2D eigenvalue weighted by Crippen LogP contribution is -2.18. The van der Waals surface area contributed by atoms with E-state index in [-0.39, 0.29) is 0 Å².